The third-order valence-corrected chi connectivity index (χ3v) is 8.52. The summed E-state index contributed by atoms with van der Waals surface area (Å²) in [6.07, 6.45) is 0.291. The summed E-state index contributed by atoms with van der Waals surface area (Å²) in [4.78, 5) is 29.4. The second-order valence-corrected chi connectivity index (χ2v) is 11.3. The molecule has 0 spiro atoms. The quantitative estimate of drug-likeness (QED) is 0.450. The number of halogens is 1. The normalized spacial score (nSPS) is 27.4. The van der Waals surface area contributed by atoms with Crippen LogP contribution >= 0.6 is 27.3 Å². The zero-order chi connectivity index (χ0) is 23.4. The Morgan fingerprint density at radius 2 is 2.03 bits per heavy atom. The Labute approximate surface area is 205 Å². The number of imide groups is 1. The molecule has 2 N–H and O–H groups in total. The van der Waals surface area contributed by atoms with E-state index in [0.29, 0.717) is 18.4 Å². The summed E-state index contributed by atoms with van der Waals surface area (Å²) in [6, 6.07) is 8.93. The first-order valence-electron chi connectivity index (χ1n) is 11.2. The van der Waals surface area contributed by atoms with Crippen LogP contribution in [-0.4, -0.2) is 34.0 Å². The number of phenols is 1. The number of phenolic OH excluding ortho intramolecular Hbond substituents is 1. The Bertz CT molecular complexity index is 1130. The first kappa shape index (κ1) is 22.8. The van der Waals surface area contributed by atoms with Crippen LogP contribution in [-0.2, 0) is 20.8 Å². The molecule has 2 aliphatic heterocycles. The van der Waals surface area contributed by atoms with Crippen molar-refractivity contribution < 1.29 is 24.4 Å². The minimum Gasteiger partial charge on any atom is -0.508 e. The summed E-state index contributed by atoms with van der Waals surface area (Å²) in [5, 5.41) is 23.5. The molecule has 4 atom stereocenters. The summed E-state index contributed by atoms with van der Waals surface area (Å²) in [6.45, 7) is 4.38. The van der Waals surface area contributed by atoms with Crippen LogP contribution in [0, 0.1) is 23.7 Å². The van der Waals surface area contributed by atoms with E-state index < -0.39 is 25.1 Å². The Morgan fingerprint density at radius 1 is 1.24 bits per heavy atom. The third kappa shape index (κ3) is 3.89. The number of likely N-dealkylation sites (tertiary alicyclic amines) is 1. The van der Waals surface area contributed by atoms with E-state index in [1.807, 2.05) is 31.4 Å². The number of fused-ring (bicyclic) bond motifs is 3. The fourth-order valence-corrected chi connectivity index (χ4v) is 6.74. The van der Waals surface area contributed by atoms with Gasteiger partial charge in [0, 0.05) is 14.9 Å². The lowest BCUT2D eigenvalue weighted by Gasteiger charge is -2.43. The van der Waals surface area contributed by atoms with Crippen LogP contribution in [0.25, 0.3) is 0 Å². The molecular formula is C24H25BBrNO5S. The molecule has 0 unspecified atom stereocenters. The Hall–Kier alpha value is -1.94. The fourth-order valence-electron chi connectivity index (χ4n) is 5.66. The summed E-state index contributed by atoms with van der Waals surface area (Å²) in [5.41, 5.74) is 2.31. The van der Waals surface area contributed by atoms with Crippen LogP contribution in [0.15, 0.2) is 51.2 Å². The lowest BCUT2D eigenvalue weighted by molar-refractivity contribution is -0.140. The van der Waals surface area contributed by atoms with Crippen molar-refractivity contribution in [1.29, 1.82) is 0 Å². The monoisotopic (exact) mass is 529 g/mol. The summed E-state index contributed by atoms with van der Waals surface area (Å²) in [7, 11) is -1.18. The van der Waals surface area contributed by atoms with Gasteiger partial charge in [-0.05, 0) is 59.8 Å². The van der Waals surface area contributed by atoms with Gasteiger partial charge in [-0.3, -0.25) is 14.5 Å². The van der Waals surface area contributed by atoms with Gasteiger partial charge in [0.25, 0.3) is 0 Å². The van der Waals surface area contributed by atoms with Crippen LogP contribution < -0.4 is 0 Å². The molecule has 3 aliphatic rings. The molecule has 1 aromatic heterocycles. The predicted molar refractivity (Wildman–Crippen MR) is 129 cm³/mol. The third-order valence-electron chi connectivity index (χ3n) is 7.17. The average Bonchev–Trinajstić information content (AvgIpc) is 3.37. The second kappa shape index (κ2) is 8.69. The van der Waals surface area contributed by atoms with Gasteiger partial charge < -0.3 is 14.8 Å². The minimum absolute atomic E-state index is 0.0763. The van der Waals surface area contributed by atoms with Crippen molar-refractivity contribution in [1.82, 2.24) is 4.90 Å². The highest BCUT2D eigenvalue weighted by atomic mass is 79.9. The van der Waals surface area contributed by atoms with Crippen molar-refractivity contribution in [2.45, 2.75) is 39.3 Å². The van der Waals surface area contributed by atoms with E-state index in [4.69, 9.17) is 4.65 Å². The molecular weight excluding hydrogens is 505 g/mol. The minimum atomic E-state index is -1.18. The van der Waals surface area contributed by atoms with Crippen LogP contribution in [0.4, 0.5) is 0 Å². The number of carbonyl (C=O) groups excluding carboxylic acids is 2. The number of aromatic hydroxyl groups is 1. The van der Waals surface area contributed by atoms with Crippen molar-refractivity contribution in [3.63, 3.8) is 0 Å². The molecule has 1 aromatic carbocycles. The SMILES string of the molecule is CC(C)C1=C2B(O)O[C@H](c3cc(Br)ccc3O)C[C@H]2[C@H]2C(=O)N(Cc3cccs3)C(=O)[C@H]2C1. The van der Waals surface area contributed by atoms with E-state index in [1.165, 1.54) is 16.2 Å². The number of thiophene rings is 1. The maximum Gasteiger partial charge on any atom is 0.487 e. The summed E-state index contributed by atoms with van der Waals surface area (Å²) in [5.74, 6) is -1.37. The lowest BCUT2D eigenvalue weighted by Crippen LogP contribution is -2.45. The number of hydrogen-bond donors (Lipinski definition) is 2. The van der Waals surface area contributed by atoms with Crippen molar-refractivity contribution in [3.8, 4) is 5.75 Å². The highest BCUT2D eigenvalue weighted by Gasteiger charge is 2.58. The van der Waals surface area contributed by atoms with E-state index in [9.17, 15) is 19.7 Å². The van der Waals surface area contributed by atoms with Gasteiger partial charge in [0.2, 0.25) is 11.8 Å². The van der Waals surface area contributed by atoms with Gasteiger partial charge >= 0.3 is 7.12 Å². The van der Waals surface area contributed by atoms with Gasteiger partial charge in [-0.25, -0.2) is 0 Å². The average molecular weight is 530 g/mol. The van der Waals surface area contributed by atoms with Crippen LogP contribution in [0.5, 0.6) is 5.75 Å². The molecule has 2 saturated heterocycles. The van der Waals surface area contributed by atoms with Gasteiger partial charge in [0.15, 0.2) is 0 Å². The smallest absolute Gasteiger partial charge is 0.487 e. The number of allylic oxidation sites excluding steroid dienone is 2. The standard InChI is InChI=1S/C24H25BBrNO5S/c1-12(2)15-9-18-21(24(30)27(23(18)29)11-14-4-3-7-33-14)17-10-20(32-25(31)22(15)17)16-8-13(26)5-6-19(16)28/h3-8,12,17-18,20-21,28,31H,9-11H2,1-2H3/t17-,18-,20-,21+/m0/s1. The number of rotatable bonds is 4. The second-order valence-electron chi connectivity index (χ2n) is 9.34. The zero-order valence-corrected chi connectivity index (χ0v) is 20.8. The topological polar surface area (TPSA) is 87.1 Å². The van der Waals surface area contributed by atoms with Gasteiger partial charge in [-0.1, -0.05) is 41.4 Å². The molecule has 3 heterocycles. The van der Waals surface area contributed by atoms with Crippen molar-refractivity contribution >= 4 is 46.2 Å². The van der Waals surface area contributed by atoms with Gasteiger partial charge in [0.05, 0.1) is 24.5 Å². The van der Waals surface area contributed by atoms with Gasteiger partial charge in [0.1, 0.15) is 5.75 Å². The van der Waals surface area contributed by atoms with E-state index in [0.717, 1.165) is 20.4 Å². The Kier molecular flexibility index (Phi) is 6.01. The lowest BCUT2D eigenvalue weighted by atomic mass is 9.54. The van der Waals surface area contributed by atoms with E-state index in [1.54, 1.807) is 18.2 Å². The van der Waals surface area contributed by atoms with Gasteiger partial charge in [-0.15, -0.1) is 11.3 Å². The molecule has 172 valence electrons. The summed E-state index contributed by atoms with van der Waals surface area (Å²) >= 11 is 4.96. The highest BCUT2D eigenvalue weighted by molar-refractivity contribution is 9.10. The fraction of sp³-hybridized carbons (Fsp3) is 0.417. The molecule has 9 heteroatoms. The van der Waals surface area contributed by atoms with E-state index in [2.05, 4.69) is 15.9 Å². The summed E-state index contributed by atoms with van der Waals surface area (Å²) < 4.78 is 6.77. The van der Waals surface area contributed by atoms with E-state index in [-0.39, 0.29) is 35.9 Å². The maximum absolute atomic E-state index is 13.6. The molecule has 2 fully saturated rings. The first-order valence-corrected chi connectivity index (χ1v) is 12.9. The number of benzene rings is 1. The number of nitrogens with zero attached hydrogens (tertiary/aromatic N) is 1. The molecule has 2 aromatic rings. The van der Waals surface area contributed by atoms with Crippen LogP contribution in [0.2, 0.25) is 0 Å². The molecule has 0 radical (unpaired) electrons. The Morgan fingerprint density at radius 3 is 2.73 bits per heavy atom. The molecule has 33 heavy (non-hydrogen) atoms. The maximum atomic E-state index is 13.6. The highest BCUT2D eigenvalue weighted by Crippen LogP contribution is 2.53. The zero-order valence-electron chi connectivity index (χ0n) is 18.4. The van der Waals surface area contributed by atoms with Crippen molar-refractivity contribution in [2.24, 2.45) is 23.7 Å². The number of hydrogen-bond acceptors (Lipinski definition) is 6. The molecule has 1 aliphatic carbocycles. The largest absolute Gasteiger partial charge is 0.508 e. The first-order chi connectivity index (χ1) is 15.8. The number of carbonyl (C=O) groups is 2. The molecule has 2 amide bonds. The Balaban J connectivity index is 1.54. The molecule has 6 nitrogen and oxygen atoms in total. The van der Waals surface area contributed by atoms with Crippen LogP contribution in [0.1, 0.15) is 43.2 Å². The number of amides is 2. The predicted octanol–water partition coefficient (Wildman–Crippen LogP) is 4.47. The van der Waals surface area contributed by atoms with Crippen molar-refractivity contribution in [3.05, 3.63) is 61.7 Å². The van der Waals surface area contributed by atoms with Crippen molar-refractivity contribution in [2.75, 3.05) is 0 Å². The van der Waals surface area contributed by atoms with Gasteiger partial charge in [-0.2, -0.15) is 0 Å². The van der Waals surface area contributed by atoms with E-state index >= 15 is 0 Å². The molecule has 5 rings (SSSR count). The molecule has 0 bridgehead atoms. The molecule has 0 saturated carbocycles. The van der Waals surface area contributed by atoms with Crippen LogP contribution in [0.3, 0.4) is 0 Å².